The highest BCUT2D eigenvalue weighted by Crippen LogP contribution is 2.24. The van der Waals surface area contributed by atoms with Crippen molar-refractivity contribution >= 4 is 5.69 Å². The molecule has 1 aliphatic rings. The Kier molecular flexibility index (Phi) is 5.23. The number of ether oxygens (including phenoxy) is 1. The van der Waals surface area contributed by atoms with Crippen LogP contribution in [-0.2, 0) is 11.3 Å². The fraction of sp³-hybridized carbons (Fsp3) is 0.625. The van der Waals surface area contributed by atoms with Crippen molar-refractivity contribution in [1.82, 2.24) is 5.32 Å². The molecule has 1 unspecified atom stereocenters. The maximum Gasteiger partial charge on any atom is 0.0670 e. The molecular formula is C16H26N2O. The number of benzene rings is 1. The molecule has 3 nitrogen and oxygen atoms in total. The maximum atomic E-state index is 5.58. The minimum atomic E-state index is 0.521. The van der Waals surface area contributed by atoms with Gasteiger partial charge in [-0.3, -0.25) is 0 Å². The van der Waals surface area contributed by atoms with Crippen LogP contribution in [0.1, 0.15) is 31.4 Å². The molecule has 0 radical (unpaired) electrons. The molecule has 1 aliphatic heterocycles. The Labute approximate surface area is 116 Å². The van der Waals surface area contributed by atoms with E-state index in [0.717, 1.165) is 39.3 Å². The first-order valence-electron chi connectivity index (χ1n) is 7.40. The third-order valence-corrected chi connectivity index (χ3v) is 3.92. The third-order valence-electron chi connectivity index (χ3n) is 3.92. The van der Waals surface area contributed by atoms with Crippen molar-refractivity contribution in [3.05, 3.63) is 29.3 Å². The molecule has 0 aromatic heterocycles. The van der Waals surface area contributed by atoms with Crippen LogP contribution in [-0.4, -0.2) is 32.3 Å². The van der Waals surface area contributed by atoms with E-state index >= 15 is 0 Å². The second-order valence-electron chi connectivity index (χ2n) is 5.22. The zero-order valence-corrected chi connectivity index (χ0v) is 12.4. The van der Waals surface area contributed by atoms with E-state index in [4.69, 9.17) is 4.74 Å². The molecule has 1 saturated heterocycles. The number of nitrogens with zero attached hydrogens (tertiary/aromatic N) is 1. The van der Waals surface area contributed by atoms with E-state index in [2.05, 4.69) is 49.2 Å². The Hall–Kier alpha value is -1.06. The van der Waals surface area contributed by atoms with Gasteiger partial charge in [0, 0.05) is 18.8 Å². The molecule has 1 fully saturated rings. The molecule has 1 aromatic rings. The van der Waals surface area contributed by atoms with Crippen molar-refractivity contribution in [2.75, 3.05) is 31.2 Å². The summed E-state index contributed by atoms with van der Waals surface area (Å²) in [6, 6.07) is 7.36. The van der Waals surface area contributed by atoms with Crippen LogP contribution in [0, 0.1) is 6.92 Å². The van der Waals surface area contributed by atoms with Crippen LogP contribution in [0.2, 0.25) is 0 Å². The second-order valence-corrected chi connectivity index (χ2v) is 5.22. The highest BCUT2D eigenvalue weighted by molar-refractivity contribution is 5.52. The summed E-state index contributed by atoms with van der Waals surface area (Å²) in [5, 5.41) is 3.39. The summed E-state index contributed by atoms with van der Waals surface area (Å²) in [6.07, 6.45) is 1.14. The summed E-state index contributed by atoms with van der Waals surface area (Å²) in [6.45, 7) is 11.3. The van der Waals surface area contributed by atoms with Crippen LogP contribution < -0.4 is 10.2 Å². The van der Waals surface area contributed by atoms with Crippen molar-refractivity contribution in [3.8, 4) is 0 Å². The van der Waals surface area contributed by atoms with Gasteiger partial charge < -0.3 is 15.0 Å². The summed E-state index contributed by atoms with van der Waals surface area (Å²) in [4.78, 5) is 2.49. The van der Waals surface area contributed by atoms with Crippen LogP contribution in [0.5, 0.6) is 0 Å². The predicted octanol–water partition coefficient (Wildman–Crippen LogP) is 2.72. The molecule has 0 aliphatic carbocycles. The quantitative estimate of drug-likeness (QED) is 0.883. The van der Waals surface area contributed by atoms with Gasteiger partial charge in [-0.2, -0.15) is 0 Å². The van der Waals surface area contributed by atoms with Crippen LogP contribution in [0.4, 0.5) is 5.69 Å². The molecular weight excluding hydrogens is 236 g/mol. The largest absolute Gasteiger partial charge is 0.377 e. The number of morpholine rings is 1. The van der Waals surface area contributed by atoms with Gasteiger partial charge in [0.15, 0.2) is 0 Å². The molecule has 0 spiro atoms. The fourth-order valence-corrected chi connectivity index (χ4v) is 2.65. The highest BCUT2D eigenvalue weighted by Gasteiger charge is 2.21. The maximum absolute atomic E-state index is 5.58. The summed E-state index contributed by atoms with van der Waals surface area (Å²) >= 11 is 0. The zero-order chi connectivity index (χ0) is 13.7. The van der Waals surface area contributed by atoms with Gasteiger partial charge in [-0.25, -0.2) is 0 Å². The smallest absolute Gasteiger partial charge is 0.0670 e. The van der Waals surface area contributed by atoms with E-state index in [1.807, 2.05) is 0 Å². The number of hydrogen-bond acceptors (Lipinski definition) is 3. The first kappa shape index (κ1) is 14.4. The average Bonchev–Trinajstić information content (AvgIpc) is 2.46. The monoisotopic (exact) mass is 262 g/mol. The molecule has 2 rings (SSSR count). The molecule has 1 aromatic carbocycles. The lowest BCUT2D eigenvalue weighted by atomic mass is 10.1. The van der Waals surface area contributed by atoms with E-state index in [-0.39, 0.29) is 0 Å². The molecule has 0 bridgehead atoms. The lowest BCUT2D eigenvalue weighted by Gasteiger charge is -2.37. The van der Waals surface area contributed by atoms with Crippen molar-refractivity contribution in [2.24, 2.45) is 0 Å². The van der Waals surface area contributed by atoms with E-state index in [0.29, 0.717) is 6.04 Å². The van der Waals surface area contributed by atoms with Crippen LogP contribution in [0.25, 0.3) is 0 Å². The number of aryl methyl sites for hydroxylation is 1. The Morgan fingerprint density at radius 2 is 2.21 bits per heavy atom. The van der Waals surface area contributed by atoms with Crippen LogP contribution in [0.3, 0.4) is 0 Å². The van der Waals surface area contributed by atoms with E-state index < -0.39 is 0 Å². The van der Waals surface area contributed by atoms with Gasteiger partial charge in [0.25, 0.3) is 0 Å². The molecule has 1 N–H and O–H groups in total. The molecule has 3 heteroatoms. The standard InChI is InChI=1S/C16H26N2O/c1-4-15-12-19-9-8-18(15)16-7-6-14(11-17-5-2)13(3)10-16/h6-7,10,15,17H,4-5,8-9,11-12H2,1-3H3. The minimum Gasteiger partial charge on any atom is -0.377 e. The van der Waals surface area contributed by atoms with Crippen molar-refractivity contribution in [1.29, 1.82) is 0 Å². The van der Waals surface area contributed by atoms with Crippen molar-refractivity contribution in [3.63, 3.8) is 0 Å². The summed E-state index contributed by atoms with van der Waals surface area (Å²) in [5.41, 5.74) is 4.11. The minimum absolute atomic E-state index is 0.521. The average molecular weight is 262 g/mol. The molecule has 1 heterocycles. The Morgan fingerprint density at radius 1 is 1.37 bits per heavy atom. The van der Waals surface area contributed by atoms with Crippen molar-refractivity contribution in [2.45, 2.75) is 39.8 Å². The van der Waals surface area contributed by atoms with Crippen molar-refractivity contribution < 1.29 is 4.74 Å². The molecule has 0 amide bonds. The highest BCUT2D eigenvalue weighted by atomic mass is 16.5. The Morgan fingerprint density at radius 3 is 2.89 bits per heavy atom. The SMILES string of the molecule is CCNCc1ccc(N2CCOCC2CC)cc1C. The molecule has 19 heavy (non-hydrogen) atoms. The van der Waals surface area contributed by atoms with E-state index in [9.17, 15) is 0 Å². The number of anilines is 1. The van der Waals surface area contributed by atoms with Gasteiger partial charge >= 0.3 is 0 Å². The Balaban J connectivity index is 2.13. The van der Waals surface area contributed by atoms with E-state index in [1.54, 1.807) is 0 Å². The normalized spacial score (nSPS) is 19.7. The number of hydrogen-bond donors (Lipinski definition) is 1. The van der Waals surface area contributed by atoms with Crippen LogP contribution in [0.15, 0.2) is 18.2 Å². The second kappa shape index (κ2) is 6.92. The van der Waals surface area contributed by atoms with Gasteiger partial charge in [0.1, 0.15) is 0 Å². The van der Waals surface area contributed by atoms with E-state index in [1.165, 1.54) is 16.8 Å². The number of nitrogens with one attached hydrogen (secondary N) is 1. The molecule has 0 saturated carbocycles. The number of rotatable bonds is 5. The molecule has 106 valence electrons. The lowest BCUT2D eigenvalue weighted by Crippen LogP contribution is -2.45. The van der Waals surface area contributed by atoms with Gasteiger partial charge in [-0.05, 0) is 43.1 Å². The lowest BCUT2D eigenvalue weighted by molar-refractivity contribution is 0.0930. The van der Waals surface area contributed by atoms with Gasteiger partial charge in [-0.15, -0.1) is 0 Å². The van der Waals surface area contributed by atoms with Crippen LogP contribution >= 0.6 is 0 Å². The first-order chi connectivity index (χ1) is 9.26. The predicted molar refractivity (Wildman–Crippen MR) is 80.8 cm³/mol. The third kappa shape index (κ3) is 3.48. The van der Waals surface area contributed by atoms with Gasteiger partial charge in [0.05, 0.1) is 19.3 Å². The summed E-state index contributed by atoms with van der Waals surface area (Å²) in [7, 11) is 0. The fourth-order valence-electron chi connectivity index (χ4n) is 2.65. The summed E-state index contributed by atoms with van der Waals surface area (Å²) < 4.78 is 5.58. The van der Waals surface area contributed by atoms with Gasteiger partial charge in [-0.1, -0.05) is 19.9 Å². The first-order valence-corrected chi connectivity index (χ1v) is 7.40. The zero-order valence-electron chi connectivity index (χ0n) is 12.4. The Bertz CT molecular complexity index is 406. The topological polar surface area (TPSA) is 24.5 Å². The molecule has 1 atom stereocenters. The van der Waals surface area contributed by atoms with Gasteiger partial charge in [0.2, 0.25) is 0 Å². The summed E-state index contributed by atoms with van der Waals surface area (Å²) in [5.74, 6) is 0.